The molecule has 0 radical (unpaired) electrons. The molecule has 1 heterocycles. The first-order valence-corrected chi connectivity index (χ1v) is 7.61. The van der Waals surface area contributed by atoms with Crippen LogP contribution in [-0.2, 0) is 6.18 Å². The standard InChI is InChI=1S/C16H21F3N2/c17-16(18,19)13-10-12(20)4-5-14(13)21-9-8-15(11-21)6-2-1-3-7-15/h4-5,10H,1-3,6-9,11,20H2. The van der Waals surface area contributed by atoms with Gasteiger partial charge in [-0.05, 0) is 42.9 Å². The van der Waals surface area contributed by atoms with Gasteiger partial charge in [-0.1, -0.05) is 19.3 Å². The summed E-state index contributed by atoms with van der Waals surface area (Å²) in [4.78, 5) is 1.91. The van der Waals surface area contributed by atoms with E-state index in [1.165, 1.54) is 25.3 Å². The van der Waals surface area contributed by atoms with Gasteiger partial charge < -0.3 is 10.6 Å². The molecule has 21 heavy (non-hydrogen) atoms. The molecular formula is C16H21F3N2. The number of hydrogen-bond acceptors (Lipinski definition) is 2. The van der Waals surface area contributed by atoms with Gasteiger partial charge in [0.15, 0.2) is 0 Å². The third-order valence-electron chi connectivity index (χ3n) is 5.02. The minimum atomic E-state index is -4.35. The Bertz CT molecular complexity index is 519. The van der Waals surface area contributed by atoms with E-state index in [-0.39, 0.29) is 11.1 Å². The Kier molecular flexibility index (Phi) is 3.54. The molecule has 2 N–H and O–H groups in total. The number of nitrogen functional groups attached to an aromatic ring is 1. The molecule has 0 atom stereocenters. The highest BCUT2D eigenvalue weighted by molar-refractivity contribution is 5.61. The summed E-state index contributed by atoms with van der Waals surface area (Å²) >= 11 is 0. The third-order valence-corrected chi connectivity index (χ3v) is 5.02. The molecule has 1 aromatic carbocycles. The first-order chi connectivity index (χ1) is 9.90. The lowest BCUT2D eigenvalue weighted by atomic mass is 9.73. The van der Waals surface area contributed by atoms with Crippen LogP contribution in [0.3, 0.4) is 0 Å². The molecule has 1 spiro atoms. The smallest absolute Gasteiger partial charge is 0.399 e. The Labute approximate surface area is 123 Å². The minimum Gasteiger partial charge on any atom is -0.399 e. The molecular weight excluding hydrogens is 277 g/mol. The van der Waals surface area contributed by atoms with Gasteiger partial charge >= 0.3 is 6.18 Å². The molecule has 1 aliphatic carbocycles. The van der Waals surface area contributed by atoms with Gasteiger partial charge in [-0.3, -0.25) is 0 Å². The van der Waals surface area contributed by atoms with Crippen molar-refractivity contribution in [3.05, 3.63) is 23.8 Å². The second-order valence-corrected chi connectivity index (χ2v) is 6.51. The van der Waals surface area contributed by atoms with Crippen molar-refractivity contribution >= 4 is 11.4 Å². The lowest BCUT2D eigenvalue weighted by Gasteiger charge is -2.34. The van der Waals surface area contributed by atoms with E-state index in [0.717, 1.165) is 31.9 Å². The Morgan fingerprint density at radius 1 is 1.05 bits per heavy atom. The predicted octanol–water partition coefficient (Wildman–Crippen LogP) is 4.45. The van der Waals surface area contributed by atoms with E-state index < -0.39 is 11.7 Å². The topological polar surface area (TPSA) is 29.3 Å². The van der Waals surface area contributed by atoms with E-state index in [0.29, 0.717) is 12.2 Å². The number of halogens is 3. The van der Waals surface area contributed by atoms with Crippen LogP contribution in [0, 0.1) is 5.41 Å². The van der Waals surface area contributed by atoms with Crippen molar-refractivity contribution in [2.45, 2.75) is 44.7 Å². The van der Waals surface area contributed by atoms with Crippen molar-refractivity contribution in [3.63, 3.8) is 0 Å². The summed E-state index contributed by atoms with van der Waals surface area (Å²) in [7, 11) is 0. The second-order valence-electron chi connectivity index (χ2n) is 6.51. The summed E-state index contributed by atoms with van der Waals surface area (Å²) in [6, 6.07) is 4.15. The molecule has 2 fully saturated rings. The zero-order valence-electron chi connectivity index (χ0n) is 12.0. The molecule has 116 valence electrons. The van der Waals surface area contributed by atoms with Crippen molar-refractivity contribution in [3.8, 4) is 0 Å². The van der Waals surface area contributed by atoms with Gasteiger partial charge in [0.25, 0.3) is 0 Å². The Morgan fingerprint density at radius 2 is 1.76 bits per heavy atom. The van der Waals surface area contributed by atoms with Crippen LogP contribution < -0.4 is 10.6 Å². The zero-order valence-corrected chi connectivity index (χ0v) is 12.0. The monoisotopic (exact) mass is 298 g/mol. The summed E-state index contributed by atoms with van der Waals surface area (Å²) in [6.07, 6.45) is 2.64. The van der Waals surface area contributed by atoms with Crippen molar-refractivity contribution in [1.82, 2.24) is 0 Å². The van der Waals surface area contributed by atoms with Crippen LogP contribution in [0.5, 0.6) is 0 Å². The number of hydrogen-bond donors (Lipinski definition) is 1. The lowest BCUT2D eigenvalue weighted by molar-refractivity contribution is -0.137. The van der Waals surface area contributed by atoms with E-state index in [2.05, 4.69) is 0 Å². The molecule has 2 nitrogen and oxygen atoms in total. The van der Waals surface area contributed by atoms with Crippen LogP contribution in [0.4, 0.5) is 24.5 Å². The summed E-state index contributed by atoms with van der Waals surface area (Å²) in [5.41, 5.74) is 5.63. The SMILES string of the molecule is Nc1ccc(N2CCC3(CCCCC3)C2)c(C(F)(F)F)c1. The van der Waals surface area contributed by atoms with E-state index in [4.69, 9.17) is 5.73 Å². The molecule has 3 rings (SSSR count). The highest BCUT2D eigenvalue weighted by Crippen LogP contribution is 2.47. The number of anilines is 2. The highest BCUT2D eigenvalue weighted by atomic mass is 19.4. The highest BCUT2D eigenvalue weighted by Gasteiger charge is 2.42. The number of alkyl halides is 3. The van der Waals surface area contributed by atoms with E-state index in [1.807, 2.05) is 4.90 Å². The second kappa shape index (κ2) is 5.11. The molecule has 1 aromatic rings. The number of nitrogens with two attached hydrogens (primary N) is 1. The first-order valence-electron chi connectivity index (χ1n) is 7.61. The van der Waals surface area contributed by atoms with Gasteiger partial charge in [0.1, 0.15) is 0 Å². The summed E-state index contributed by atoms with van der Waals surface area (Å²) < 4.78 is 39.7. The third kappa shape index (κ3) is 2.83. The zero-order chi connectivity index (χ0) is 15.1. The van der Waals surface area contributed by atoms with Crippen LogP contribution in [0.1, 0.15) is 44.1 Å². The summed E-state index contributed by atoms with van der Waals surface area (Å²) in [6.45, 7) is 1.47. The fourth-order valence-electron chi connectivity index (χ4n) is 3.91. The molecule has 1 aliphatic heterocycles. The number of rotatable bonds is 1. The quantitative estimate of drug-likeness (QED) is 0.776. The Hall–Kier alpha value is -1.39. The molecule has 0 unspecified atom stereocenters. The lowest BCUT2D eigenvalue weighted by Crippen LogP contribution is -2.30. The Balaban J connectivity index is 1.88. The van der Waals surface area contributed by atoms with E-state index in [1.54, 1.807) is 6.07 Å². The van der Waals surface area contributed by atoms with Crippen molar-refractivity contribution in [2.75, 3.05) is 23.7 Å². The van der Waals surface area contributed by atoms with E-state index in [9.17, 15) is 13.2 Å². The maximum atomic E-state index is 13.2. The maximum absolute atomic E-state index is 13.2. The van der Waals surface area contributed by atoms with Gasteiger partial charge in [0, 0.05) is 24.5 Å². The molecule has 0 bridgehead atoms. The van der Waals surface area contributed by atoms with Crippen molar-refractivity contribution in [2.24, 2.45) is 5.41 Å². The molecule has 2 aliphatic rings. The van der Waals surface area contributed by atoms with Gasteiger partial charge in [-0.25, -0.2) is 0 Å². The fraction of sp³-hybridized carbons (Fsp3) is 0.625. The average molecular weight is 298 g/mol. The molecule has 1 saturated carbocycles. The van der Waals surface area contributed by atoms with Crippen molar-refractivity contribution in [1.29, 1.82) is 0 Å². The molecule has 0 aromatic heterocycles. The average Bonchev–Trinajstić information content (AvgIpc) is 2.82. The first kappa shape index (κ1) is 14.5. The molecule has 1 saturated heterocycles. The van der Waals surface area contributed by atoms with Crippen LogP contribution in [-0.4, -0.2) is 13.1 Å². The molecule has 5 heteroatoms. The fourth-order valence-corrected chi connectivity index (χ4v) is 3.91. The van der Waals surface area contributed by atoms with Crippen LogP contribution in [0.25, 0.3) is 0 Å². The summed E-state index contributed by atoms with van der Waals surface area (Å²) in [5.74, 6) is 0. The van der Waals surface area contributed by atoms with Gasteiger partial charge in [-0.2, -0.15) is 13.2 Å². The predicted molar refractivity (Wildman–Crippen MR) is 78.2 cm³/mol. The minimum absolute atomic E-state index is 0.164. The van der Waals surface area contributed by atoms with Gasteiger partial charge in [0.05, 0.1) is 5.56 Å². The van der Waals surface area contributed by atoms with Gasteiger partial charge in [-0.15, -0.1) is 0 Å². The Morgan fingerprint density at radius 3 is 2.43 bits per heavy atom. The number of benzene rings is 1. The largest absolute Gasteiger partial charge is 0.418 e. The van der Waals surface area contributed by atoms with E-state index >= 15 is 0 Å². The van der Waals surface area contributed by atoms with Crippen LogP contribution in [0.2, 0.25) is 0 Å². The number of nitrogens with zero attached hydrogens (tertiary/aromatic N) is 1. The molecule has 0 amide bonds. The van der Waals surface area contributed by atoms with Crippen LogP contribution in [0.15, 0.2) is 18.2 Å². The van der Waals surface area contributed by atoms with Crippen molar-refractivity contribution < 1.29 is 13.2 Å². The normalized spacial score (nSPS) is 22.0. The summed E-state index contributed by atoms with van der Waals surface area (Å²) in [5, 5.41) is 0. The van der Waals surface area contributed by atoms with Gasteiger partial charge in [0.2, 0.25) is 0 Å². The van der Waals surface area contributed by atoms with Crippen LogP contribution >= 0.6 is 0 Å². The maximum Gasteiger partial charge on any atom is 0.418 e.